The van der Waals surface area contributed by atoms with Crippen LogP contribution in [0.1, 0.15) is 66.1 Å². The summed E-state index contributed by atoms with van der Waals surface area (Å²) in [4.78, 5) is 24.3. The van der Waals surface area contributed by atoms with Crippen LogP contribution in [0.4, 0.5) is 5.69 Å². The van der Waals surface area contributed by atoms with E-state index >= 15 is 0 Å². The fourth-order valence-electron chi connectivity index (χ4n) is 3.08. The molecule has 1 aromatic heterocycles. The van der Waals surface area contributed by atoms with Crippen molar-refractivity contribution in [2.75, 3.05) is 19.5 Å². The van der Waals surface area contributed by atoms with E-state index in [2.05, 4.69) is 10.4 Å². The molecule has 0 radical (unpaired) electrons. The van der Waals surface area contributed by atoms with Gasteiger partial charge < -0.3 is 19.9 Å². The highest BCUT2D eigenvalue weighted by Gasteiger charge is 2.32. The lowest BCUT2D eigenvalue weighted by Gasteiger charge is -2.22. The third-order valence-corrected chi connectivity index (χ3v) is 4.57. The van der Waals surface area contributed by atoms with Gasteiger partial charge in [0.15, 0.2) is 17.2 Å². The van der Waals surface area contributed by atoms with Crippen LogP contribution >= 0.6 is 0 Å². The summed E-state index contributed by atoms with van der Waals surface area (Å²) in [5, 5.41) is 16.5. The van der Waals surface area contributed by atoms with Crippen LogP contribution in [0.2, 0.25) is 0 Å². The van der Waals surface area contributed by atoms with Gasteiger partial charge in [0, 0.05) is 11.6 Å². The minimum Gasteiger partial charge on any atom is -0.493 e. The summed E-state index contributed by atoms with van der Waals surface area (Å²) in [5.41, 5.74) is 1.26. The number of hydrogen-bond donors (Lipinski definition) is 2. The van der Waals surface area contributed by atoms with Crippen LogP contribution in [-0.4, -0.2) is 41.0 Å². The monoisotopic (exact) mass is 387 g/mol. The van der Waals surface area contributed by atoms with Crippen molar-refractivity contribution in [1.29, 1.82) is 0 Å². The van der Waals surface area contributed by atoms with Gasteiger partial charge in [0.2, 0.25) is 0 Å². The normalized spacial score (nSPS) is 13.9. The van der Waals surface area contributed by atoms with Crippen LogP contribution in [0.15, 0.2) is 18.2 Å². The van der Waals surface area contributed by atoms with Gasteiger partial charge in [0.1, 0.15) is 0 Å². The largest absolute Gasteiger partial charge is 0.493 e. The molecule has 0 bridgehead atoms. The summed E-state index contributed by atoms with van der Waals surface area (Å²) in [7, 11) is 2.83. The maximum atomic E-state index is 12.9. The first-order valence-electron chi connectivity index (χ1n) is 9.06. The summed E-state index contributed by atoms with van der Waals surface area (Å²) >= 11 is 0. The molecule has 3 rings (SSSR count). The Morgan fingerprint density at radius 1 is 1.18 bits per heavy atom. The maximum Gasteiger partial charge on any atom is 0.335 e. The summed E-state index contributed by atoms with van der Waals surface area (Å²) in [6.07, 6.45) is 2.18. The standard InChI is InChI=1S/C20H25N3O5/c1-20(2,3)23-15(11-6-7-11)10-14(22-23)18(24)21-13-8-12(19(25)26)9-16(27-4)17(13)28-5/h8-11H,6-7H2,1-5H3,(H,21,24)(H,25,26). The molecule has 8 heteroatoms. The second kappa shape index (κ2) is 7.18. The number of methoxy groups -OCH3 is 2. The number of nitrogens with zero attached hydrogens (tertiary/aromatic N) is 2. The Morgan fingerprint density at radius 2 is 1.86 bits per heavy atom. The molecular formula is C20H25N3O5. The fraction of sp³-hybridized carbons (Fsp3) is 0.450. The molecule has 0 spiro atoms. The van der Waals surface area contributed by atoms with E-state index in [0.717, 1.165) is 18.5 Å². The Hall–Kier alpha value is -3.03. The Morgan fingerprint density at radius 3 is 2.36 bits per heavy atom. The number of ether oxygens (including phenoxy) is 2. The summed E-state index contributed by atoms with van der Waals surface area (Å²) in [6, 6.07) is 4.49. The highest BCUT2D eigenvalue weighted by atomic mass is 16.5. The lowest BCUT2D eigenvalue weighted by atomic mass is 10.1. The zero-order valence-electron chi connectivity index (χ0n) is 16.7. The van der Waals surface area contributed by atoms with Gasteiger partial charge in [-0.1, -0.05) is 0 Å². The number of carbonyl (C=O) groups is 2. The smallest absolute Gasteiger partial charge is 0.335 e. The number of anilines is 1. The van der Waals surface area contributed by atoms with Crippen molar-refractivity contribution in [2.24, 2.45) is 0 Å². The highest BCUT2D eigenvalue weighted by Crippen LogP contribution is 2.42. The second-order valence-corrected chi connectivity index (χ2v) is 7.83. The molecule has 2 N–H and O–H groups in total. The van der Waals surface area contributed by atoms with Crippen molar-refractivity contribution in [3.63, 3.8) is 0 Å². The van der Waals surface area contributed by atoms with Crippen molar-refractivity contribution in [2.45, 2.75) is 45.1 Å². The van der Waals surface area contributed by atoms with Gasteiger partial charge in [-0.3, -0.25) is 9.48 Å². The van der Waals surface area contributed by atoms with Crippen LogP contribution in [0, 0.1) is 0 Å². The van der Waals surface area contributed by atoms with Crippen molar-refractivity contribution in [3.05, 3.63) is 35.2 Å². The Labute approximate surface area is 163 Å². The van der Waals surface area contributed by atoms with Gasteiger partial charge >= 0.3 is 5.97 Å². The van der Waals surface area contributed by atoms with E-state index in [1.807, 2.05) is 31.5 Å². The second-order valence-electron chi connectivity index (χ2n) is 7.83. The molecule has 1 fully saturated rings. The molecule has 0 saturated heterocycles. The molecule has 1 aliphatic carbocycles. The number of hydrogen-bond acceptors (Lipinski definition) is 5. The van der Waals surface area contributed by atoms with E-state index in [0.29, 0.717) is 5.92 Å². The molecule has 28 heavy (non-hydrogen) atoms. The minimum atomic E-state index is -1.13. The van der Waals surface area contributed by atoms with Gasteiger partial charge in [-0.25, -0.2) is 4.79 Å². The number of carboxylic acids is 1. The lowest BCUT2D eigenvalue weighted by Crippen LogP contribution is -2.25. The van der Waals surface area contributed by atoms with Gasteiger partial charge in [-0.2, -0.15) is 5.10 Å². The van der Waals surface area contributed by atoms with E-state index in [9.17, 15) is 14.7 Å². The number of carbonyl (C=O) groups excluding carboxylic acids is 1. The molecular weight excluding hydrogens is 362 g/mol. The average Bonchev–Trinajstić information content (AvgIpc) is 3.37. The third kappa shape index (κ3) is 3.81. The van der Waals surface area contributed by atoms with Crippen molar-refractivity contribution < 1.29 is 24.2 Å². The van der Waals surface area contributed by atoms with Crippen molar-refractivity contribution >= 4 is 17.6 Å². The summed E-state index contributed by atoms with van der Waals surface area (Å²) in [5.74, 6) is -0.675. The highest BCUT2D eigenvalue weighted by molar-refractivity contribution is 6.05. The zero-order chi connectivity index (χ0) is 20.6. The number of carboxylic acid groups (broad SMARTS) is 1. The van der Waals surface area contributed by atoms with Crippen LogP contribution in [0.3, 0.4) is 0 Å². The minimum absolute atomic E-state index is 0.0214. The number of rotatable bonds is 6. The van der Waals surface area contributed by atoms with E-state index in [1.165, 1.54) is 26.4 Å². The molecule has 0 atom stereocenters. The van der Waals surface area contributed by atoms with Gasteiger partial charge in [-0.05, 0) is 51.8 Å². The molecule has 1 saturated carbocycles. The van der Waals surface area contributed by atoms with E-state index < -0.39 is 11.9 Å². The number of nitrogens with one attached hydrogen (secondary N) is 1. The van der Waals surface area contributed by atoms with Crippen LogP contribution < -0.4 is 14.8 Å². The van der Waals surface area contributed by atoms with E-state index in [4.69, 9.17) is 9.47 Å². The predicted octanol–water partition coefficient (Wildman–Crippen LogP) is 3.48. The first-order chi connectivity index (χ1) is 13.2. The van der Waals surface area contributed by atoms with Crippen molar-refractivity contribution in [1.82, 2.24) is 9.78 Å². The van der Waals surface area contributed by atoms with Crippen LogP contribution in [0.5, 0.6) is 11.5 Å². The average molecular weight is 387 g/mol. The van der Waals surface area contributed by atoms with Gasteiger partial charge in [0.05, 0.1) is 31.0 Å². The number of benzene rings is 1. The SMILES string of the molecule is COc1cc(C(=O)O)cc(NC(=O)c2cc(C3CC3)n(C(C)(C)C)n2)c1OC. The molecule has 8 nitrogen and oxygen atoms in total. The molecule has 1 amide bonds. The van der Waals surface area contributed by atoms with Gasteiger partial charge in [0.25, 0.3) is 5.91 Å². The summed E-state index contributed by atoms with van der Waals surface area (Å²) < 4.78 is 12.4. The fourth-order valence-corrected chi connectivity index (χ4v) is 3.08. The molecule has 1 heterocycles. The molecule has 1 aromatic carbocycles. The Balaban J connectivity index is 1.97. The zero-order valence-corrected chi connectivity index (χ0v) is 16.7. The van der Waals surface area contributed by atoms with Crippen LogP contribution in [0.25, 0.3) is 0 Å². The quantitative estimate of drug-likeness (QED) is 0.787. The van der Waals surface area contributed by atoms with Crippen LogP contribution in [-0.2, 0) is 5.54 Å². The first kappa shape index (κ1) is 19.7. The molecule has 0 aliphatic heterocycles. The first-order valence-corrected chi connectivity index (χ1v) is 9.06. The van der Waals surface area contributed by atoms with E-state index in [-0.39, 0.29) is 34.0 Å². The molecule has 0 unspecified atom stereocenters. The molecule has 2 aromatic rings. The maximum absolute atomic E-state index is 12.9. The lowest BCUT2D eigenvalue weighted by molar-refractivity contribution is 0.0696. The Kier molecular flexibility index (Phi) is 5.06. The predicted molar refractivity (Wildman–Crippen MR) is 104 cm³/mol. The molecule has 150 valence electrons. The summed E-state index contributed by atoms with van der Waals surface area (Å²) in [6.45, 7) is 6.12. The number of amides is 1. The van der Waals surface area contributed by atoms with Crippen molar-refractivity contribution in [3.8, 4) is 11.5 Å². The van der Waals surface area contributed by atoms with Gasteiger partial charge in [-0.15, -0.1) is 0 Å². The van der Waals surface area contributed by atoms with E-state index in [1.54, 1.807) is 0 Å². The number of aromatic carboxylic acids is 1. The number of aromatic nitrogens is 2. The Bertz CT molecular complexity index is 923. The molecule has 1 aliphatic rings. The topological polar surface area (TPSA) is 103 Å². The third-order valence-electron chi connectivity index (χ3n) is 4.57.